The molecule has 8 nitrogen and oxygen atoms in total. The molecule has 132 valence electrons. The number of carbonyl (C=O) groups is 2. The number of nitro benzene ring substituents is 1. The zero-order valence-electron chi connectivity index (χ0n) is 13.8. The maximum Gasteiger partial charge on any atom is 0.328 e. The summed E-state index contributed by atoms with van der Waals surface area (Å²) in [6, 6.07) is 12.8. The fourth-order valence-electron chi connectivity index (χ4n) is 2.34. The van der Waals surface area contributed by atoms with Crippen molar-refractivity contribution in [1.82, 2.24) is 5.32 Å². The van der Waals surface area contributed by atoms with Crippen LogP contribution >= 0.6 is 0 Å². The number of hydrogen-bond donors (Lipinski definition) is 1. The maximum atomic E-state index is 12.4. The second-order valence-corrected chi connectivity index (χ2v) is 5.37. The topological polar surface area (TPSA) is 122 Å². The predicted molar refractivity (Wildman–Crippen MR) is 91.2 cm³/mol. The van der Waals surface area contributed by atoms with Gasteiger partial charge in [0.05, 0.1) is 23.7 Å². The molecule has 2 aromatic rings. The van der Waals surface area contributed by atoms with E-state index in [1.165, 1.54) is 25.3 Å². The summed E-state index contributed by atoms with van der Waals surface area (Å²) in [6.07, 6.45) is 0.114. The third-order valence-electron chi connectivity index (χ3n) is 3.61. The van der Waals surface area contributed by atoms with Crippen LogP contribution in [-0.2, 0) is 16.0 Å². The highest BCUT2D eigenvalue weighted by atomic mass is 16.6. The first kappa shape index (κ1) is 18.6. The van der Waals surface area contributed by atoms with Crippen LogP contribution in [0, 0.1) is 21.4 Å². The van der Waals surface area contributed by atoms with Gasteiger partial charge in [-0.1, -0.05) is 18.2 Å². The van der Waals surface area contributed by atoms with Crippen molar-refractivity contribution in [2.24, 2.45) is 0 Å². The summed E-state index contributed by atoms with van der Waals surface area (Å²) in [5.41, 5.74) is 0.919. The second-order valence-electron chi connectivity index (χ2n) is 5.37. The third kappa shape index (κ3) is 4.64. The highest BCUT2D eigenvalue weighted by Gasteiger charge is 2.23. The number of rotatable bonds is 6. The van der Waals surface area contributed by atoms with Crippen molar-refractivity contribution in [2.75, 3.05) is 7.11 Å². The number of methoxy groups -OCH3 is 1. The van der Waals surface area contributed by atoms with Crippen molar-refractivity contribution in [3.8, 4) is 6.07 Å². The fourth-order valence-corrected chi connectivity index (χ4v) is 2.34. The van der Waals surface area contributed by atoms with Gasteiger partial charge in [-0.05, 0) is 23.8 Å². The number of amides is 1. The molecule has 1 amide bonds. The van der Waals surface area contributed by atoms with Gasteiger partial charge in [-0.3, -0.25) is 14.9 Å². The normalized spacial score (nSPS) is 11.1. The summed E-state index contributed by atoms with van der Waals surface area (Å²) in [5, 5.41) is 22.3. The number of nitriles is 1. The van der Waals surface area contributed by atoms with Crippen molar-refractivity contribution in [3.05, 3.63) is 75.3 Å². The number of ether oxygens (including phenoxy) is 1. The zero-order chi connectivity index (χ0) is 19.1. The minimum Gasteiger partial charge on any atom is -0.467 e. The minimum absolute atomic E-state index is 0.0545. The molecule has 0 saturated carbocycles. The van der Waals surface area contributed by atoms with Crippen LogP contribution in [0.25, 0.3) is 0 Å². The van der Waals surface area contributed by atoms with E-state index in [-0.39, 0.29) is 17.7 Å². The Hall–Kier alpha value is -3.73. The lowest BCUT2D eigenvalue weighted by Crippen LogP contribution is -2.43. The molecule has 0 bridgehead atoms. The Labute approximate surface area is 149 Å². The average Bonchev–Trinajstić information content (AvgIpc) is 2.66. The molecule has 0 unspecified atom stereocenters. The van der Waals surface area contributed by atoms with Crippen LogP contribution in [0.4, 0.5) is 5.69 Å². The lowest BCUT2D eigenvalue weighted by atomic mass is 10.0. The molecule has 0 aromatic heterocycles. The Morgan fingerprint density at radius 1 is 1.27 bits per heavy atom. The summed E-state index contributed by atoms with van der Waals surface area (Å²) in [6.45, 7) is 0. The molecule has 0 saturated heterocycles. The highest BCUT2D eigenvalue weighted by Crippen LogP contribution is 2.14. The first-order valence-electron chi connectivity index (χ1n) is 7.56. The lowest BCUT2D eigenvalue weighted by Gasteiger charge is -2.16. The van der Waals surface area contributed by atoms with E-state index >= 15 is 0 Å². The molecule has 0 aliphatic carbocycles. The summed E-state index contributed by atoms with van der Waals surface area (Å²) in [5.74, 6) is -1.30. The molecule has 0 spiro atoms. The molecule has 0 fully saturated rings. The van der Waals surface area contributed by atoms with Crippen LogP contribution in [0.5, 0.6) is 0 Å². The van der Waals surface area contributed by atoms with Gasteiger partial charge in [0.25, 0.3) is 11.6 Å². The molecule has 8 heteroatoms. The van der Waals surface area contributed by atoms with Gasteiger partial charge in [0.15, 0.2) is 0 Å². The second kappa shape index (κ2) is 8.39. The largest absolute Gasteiger partial charge is 0.467 e. The van der Waals surface area contributed by atoms with Gasteiger partial charge in [0, 0.05) is 24.1 Å². The van der Waals surface area contributed by atoms with E-state index in [1.807, 2.05) is 6.07 Å². The van der Waals surface area contributed by atoms with E-state index in [4.69, 9.17) is 10.00 Å². The Morgan fingerprint density at radius 2 is 2.00 bits per heavy atom. The number of non-ortho nitro benzene ring substituents is 1. The number of esters is 1. The van der Waals surface area contributed by atoms with E-state index in [9.17, 15) is 19.7 Å². The fraction of sp³-hybridized carbons (Fsp3) is 0.167. The molecule has 1 N–H and O–H groups in total. The van der Waals surface area contributed by atoms with Gasteiger partial charge in [-0.15, -0.1) is 0 Å². The number of benzene rings is 2. The molecule has 2 rings (SSSR count). The molecule has 0 aliphatic heterocycles. The van der Waals surface area contributed by atoms with E-state index in [0.717, 1.165) is 6.07 Å². The molecular formula is C18H15N3O5. The Morgan fingerprint density at radius 3 is 2.65 bits per heavy atom. The van der Waals surface area contributed by atoms with Crippen molar-refractivity contribution >= 4 is 17.6 Å². The maximum absolute atomic E-state index is 12.4. The van der Waals surface area contributed by atoms with Gasteiger partial charge >= 0.3 is 5.97 Å². The summed E-state index contributed by atoms with van der Waals surface area (Å²) in [7, 11) is 1.19. The molecule has 0 aliphatic rings. The van der Waals surface area contributed by atoms with Crippen LogP contribution < -0.4 is 5.32 Å². The van der Waals surface area contributed by atoms with Gasteiger partial charge in [-0.2, -0.15) is 5.26 Å². The highest BCUT2D eigenvalue weighted by molar-refractivity contribution is 5.97. The van der Waals surface area contributed by atoms with Crippen molar-refractivity contribution in [1.29, 1.82) is 5.26 Å². The van der Waals surface area contributed by atoms with E-state index in [2.05, 4.69) is 5.32 Å². The minimum atomic E-state index is -0.999. The smallest absolute Gasteiger partial charge is 0.328 e. The summed E-state index contributed by atoms with van der Waals surface area (Å²) < 4.78 is 4.71. The Bertz CT molecular complexity index is 888. The number of nitrogens with one attached hydrogen (secondary N) is 1. The van der Waals surface area contributed by atoms with Crippen molar-refractivity contribution in [3.63, 3.8) is 0 Å². The van der Waals surface area contributed by atoms with Crippen LogP contribution in [0.1, 0.15) is 21.5 Å². The Kier molecular flexibility index (Phi) is 6.01. The molecule has 2 aromatic carbocycles. The van der Waals surface area contributed by atoms with Crippen LogP contribution in [-0.4, -0.2) is 30.0 Å². The van der Waals surface area contributed by atoms with Crippen LogP contribution in [0.15, 0.2) is 48.5 Å². The SMILES string of the molecule is COC(=O)[C@H](Cc1cccc(C#N)c1)NC(=O)c1cccc([N+](=O)[O-])c1. The quantitative estimate of drug-likeness (QED) is 0.481. The first-order valence-corrected chi connectivity index (χ1v) is 7.56. The van der Waals surface area contributed by atoms with E-state index in [1.54, 1.807) is 24.3 Å². The molecule has 0 heterocycles. The summed E-state index contributed by atoms with van der Waals surface area (Å²) >= 11 is 0. The summed E-state index contributed by atoms with van der Waals surface area (Å²) in [4.78, 5) is 34.6. The molecule has 1 atom stereocenters. The number of nitro groups is 1. The standard InChI is InChI=1S/C18H15N3O5/c1-26-18(23)16(9-12-4-2-5-13(8-12)11-19)20-17(22)14-6-3-7-15(10-14)21(24)25/h2-8,10,16H,9H2,1H3,(H,20,22)/t16-/m0/s1. The first-order chi connectivity index (χ1) is 12.4. The average molecular weight is 353 g/mol. The van der Waals surface area contributed by atoms with Gasteiger partial charge in [0.1, 0.15) is 6.04 Å². The van der Waals surface area contributed by atoms with Crippen LogP contribution in [0.3, 0.4) is 0 Å². The monoisotopic (exact) mass is 353 g/mol. The number of carbonyl (C=O) groups excluding carboxylic acids is 2. The lowest BCUT2D eigenvalue weighted by molar-refractivity contribution is -0.384. The molecule has 0 radical (unpaired) electrons. The van der Waals surface area contributed by atoms with E-state index < -0.39 is 22.8 Å². The van der Waals surface area contributed by atoms with Gasteiger partial charge in [-0.25, -0.2) is 4.79 Å². The predicted octanol–water partition coefficient (Wildman–Crippen LogP) is 1.98. The zero-order valence-corrected chi connectivity index (χ0v) is 13.8. The molecular weight excluding hydrogens is 338 g/mol. The third-order valence-corrected chi connectivity index (χ3v) is 3.61. The number of nitrogens with zero attached hydrogens (tertiary/aromatic N) is 2. The van der Waals surface area contributed by atoms with Crippen molar-refractivity contribution < 1.29 is 19.2 Å². The molecule has 26 heavy (non-hydrogen) atoms. The van der Waals surface area contributed by atoms with Crippen LogP contribution in [0.2, 0.25) is 0 Å². The number of hydrogen-bond acceptors (Lipinski definition) is 6. The van der Waals surface area contributed by atoms with Gasteiger partial charge in [0.2, 0.25) is 0 Å². The van der Waals surface area contributed by atoms with Gasteiger partial charge < -0.3 is 10.1 Å². The van der Waals surface area contributed by atoms with Crippen molar-refractivity contribution in [2.45, 2.75) is 12.5 Å². The van der Waals surface area contributed by atoms with E-state index in [0.29, 0.717) is 11.1 Å². The Balaban J connectivity index is 2.21.